The van der Waals surface area contributed by atoms with Crippen LogP contribution in [-0.4, -0.2) is 20.2 Å². The Kier molecular flexibility index (Phi) is 4.04. The highest BCUT2D eigenvalue weighted by Gasteiger charge is 2.25. The molecule has 0 spiro atoms. The van der Waals surface area contributed by atoms with E-state index in [1.807, 2.05) is 0 Å². The van der Waals surface area contributed by atoms with E-state index in [4.69, 9.17) is 4.74 Å². The maximum atomic E-state index is 13.9. The Labute approximate surface area is 98.3 Å². The lowest BCUT2D eigenvalue weighted by molar-refractivity contribution is 0.0588. The molecule has 0 aliphatic heterocycles. The summed E-state index contributed by atoms with van der Waals surface area (Å²) in [4.78, 5) is 11.2. The molecule has 1 rings (SSSR count). The van der Waals surface area contributed by atoms with Gasteiger partial charge in [0.05, 0.1) is 14.2 Å². The molecular formula is C12H14F2O3. The average Bonchev–Trinajstić information content (AvgIpc) is 2.27. The van der Waals surface area contributed by atoms with Crippen molar-refractivity contribution in [2.75, 3.05) is 14.2 Å². The van der Waals surface area contributed by atoms with E-state index in [1.165, 1.54) is 7.11 Å². The normalized spacial score (nSPS) is 10.5. The lowest BCUT2D eigenvalue weighted by Crippen LogP contribution is -2.11. The fourth-order valence-corrected chi connectivity index (χ4v) is 1.54. The summed E-state index contributed by atoms with van der Waals surface area (Å²) in [6.45, 7) is 3.54. The van der Waals surface area contributed by atoms with Crippen LogP contribution in [0.5, 0.6) is 5.75 Å². The van der Waals surface area contributed by atoms with E-state index in [0.29, 0.717) is 5.56 Å². The summed E-state index contributed by atoms with van der Waals surface area (Å²) < 4.78 is 36.8. The monoisotopic (exact) mass is 244 g/mol. The Hall–Kier alpha value is -1.65. The highest BCUT2D eigenvalue weighted by atomic mass is 19.1. The van der Waals surface area contributed by atoms with Crippen LogP contribution in [0.2, 0.25) is 0 Å². The second-order valence-corrected chi connectivity index (χ2v) is 3.82. The van der Waals surface area contributed by atoms with Gasteiger partial charge < -0.3 is 9.47 Å². The number of carbonyl (C=O) groups is 1. The Morgan fingerprint density at radius 1 is 1.29 bits per heavy atom. The first-order valence-electron chi connectivity index (χ1n) is 5.08. The van der Waals surface area contributed by atoms with E-state index in [1.54, 1.807) is 13.8 Å². The third-order valence-corrected chi connectivity index (χ3v) is 2.42. The van der Waals surface area contributed by atoms with Crippen molar-refractivity contribution in [3.05, 3.63) is 28.8 Å². The molecule has 17 heavy (non-hydrogen) atoms. The zero-order chi connectivity index (χ0) is 13.2. The zero-order valence-corrected chi connectivity index (χ0v) is 10.1. The van der Waals surface area contributed by atoms with Crippen LogP contribution in [0.3, 0.4) is 0 Å². The van der Waals surface area contributed by atoms with Crippen LogP contribution in [0.1, 0.15) is 35.7 Å². The molecule has 0 N–H and O–H groups in total. The number of benzene rings is 1. The zero-order valence-electron chi connectivity index (χ0n) is 10.1. The summed E-state index contributed by atoms with van der Waals surface area (Å²) >= 11 is 0. The van der Waals surface area contributed by atoms with Gasteiger partial charge in [0, 0.05) is 5.56 Å². The molecule has 1 aromatic carbocycles. The van der Waals surface area contributed by atoms with Gasteiger partial charge in [-0.3, -0.25) is 0 Å². The lowest BCUT2D eigenvalue weighted by Gasteiger charge is -2.15. The molecule has 0 aliphatic rings. The molecule has 0 atom stereocenters. The van der Waals surface area contributed by atoms with Gasteiger partial charge in [0.1, 0.15) is 11.4 Å². The number of hydrogen-bond acceptors (Lipinski definition) is 3. The predicted octanol–water partition coefficient (Wildman–Crippen LogP) is 2.88. The van der Waals surface area contributed by atoms with Crippen LogP contribution in [0.4, 0.5) is 8.78 Å². The number of esters is 1. The Morgan fingerprint density at radius 3 is 2.29 bits per heavy atom. The van der Waals surface area contributed by atoms with Crippen molar-refractivity contribution in [3.63, 3.8) is 0 Å². The van der Waals surface area contributed by atoms with E-state index >= 15 is 0 Å². The molecule has 3 nitrogen and oxygen atoms in total. The quantitative estimate of drug-likeness (QED) is 0.767. The average molecular weight is 244 g/mol. The van der Waals surface area contributed by atoms with Gasteiger partial charge in [-0.25, -0.2) is 13.6 Å². The minimum Gasteiger partial charge on any atom is -0.493 e. The van der Waals surface area contributed by atoms with Crippen LogP contribution in [0.15, 0.2) is 6.07 Å². The number of ether oxygens (including phenoxy) is 2. The fourth-order valence-electron chi connectivity index (χ4n) is 1.54. The number of methoxy groups -OCH3 is 2. The number of rotatable bonds is 3. The van der Waals surface area contributed by atoms with E-state index in [9.17, 15) is 13.6 Å². The third kappa shape index (κ3) is 2.38. The van der Waals surface area contributed by atoms with Gasteiger partial charge in [-0.15, -0.1) is 0 Å². The second kappa shape index (κ2) is 5.12. The Bertz CT molecular complexity index is 442. The standard InChI is InChI=1S/C12H14F2O3/c1-6(2)7-5-8(13)9(12(15)17-4)10(14)11(7)16-3/h5-6H,1-4H3. The van der Waals surface area contributed by atoms with Gasteiger partial charge in [0.25, 0.3) is 0 Å². The van der Waals surface area contributed by atoms with Crippen molar-refractivity contribution in [1.29, 1.82) is 0 Å². The van der Waals surface area contributed by atoms with Gasteiger partial charge >= 0.3 is 5.97 Å². The highest BCUT2D eigenvalue weighted by molar-refractivity contribution is 5.90. The summed E-state index contributed by atoms with van der Waals surface area (Å²) in [5.41, 5.74) is -0.357. The van der Waals surface area contributed by atoms with E-state index in [0.717, 1.165) is 13.2 Å². The molecule has 0 heterocycles. The summed E-state index contributed by atoms with van der Waals surface area (Å²) in [5.74, 6) is -3.28. The summed E-state index contributed by atoms with van der Waals surface area (Å²) in [7, 11) is 2.33. The number of halogens is 2. The van der Waals surface area contributed by atoms with Crippen molar-refractivity contribution < 1.29 is 23.0 Å². The molecule has 5 heteroatoms. The predicted molar refractivity (Wildman–Crippen MR) is 58.3 cm³/mol. The molecule has 0 aromatic heterocycles. The second-order valence-electron chi connectivity index (χ2n) is 3.82. The van der Waals surface area contributed by atoms with Crippen molar-refractivity contribution in [3.8, 4) is 5.75 Å². The van der Waals surface area contributed by atoms with Crippen molar-refractivity contribution in [1.82, 2.24) is 0 Å². The SMILES string of the molecule is COC(=O)c1c(F)cc(C(C)C)c(OC)c1F. The molecule has 94 valence electrons. The third-order valence-electron chi connectivity index (χ3n) is 2.42. The van der Waals surface area contributed by atoms with Crippen LogP contribution >= 0.6 is 0 Å². The lowest BCUT2D eigenvalue weighted by atomic mass is 9.99. The topological polar surface area (TPSA) is 35.5 Å². The summed E-state index contributed by atoms with van der Waals surface area (Å²) in [5, 5.41) is 0. The molecule has 0 fully saturated rings. The smallest absolute Gasteiger partial charge is 0.344 e. The summed E-state index contributed by atoms with van der Waals surface area (Å²) in [6.07, 6.45) is 0. The molecule has 0 aliphatic carbocycles. The highest BCUT2D eigenvalue weighted by Crippen LogP contribution is 2.33. The molecule has 0 amide bonds. The fraction of sp³-hybridized carbons (Fsp3) is 0.417. The van der Waals surface area contributed by atoms with Crippen molar-refractivity contribution in [2.45, 2.75) is 19.8 Å². The molecule has 0 unspecified atom stereocenters. The number of carbonyl (C=O) groups excluding carboxylic acids is 1. The van der Waals surface area contributed by atoms with E-state index in [2.05, 4.69) is 4.74 Å². The Morgan fingerprint density at radius 2 is 1.88 bits per heavy atom. The molecular weight excluding hydrogens is 230 g/mol. The Balaban J connectivity index is 3.52. The van der Waals surface area contributed by atoms with Crippen molar-refractivity contribution >= 4 is 5.97 Å². The first-order valence-corrected chi connectivity index (χ1v) is 5.08. The summed E-state index contributed by atoms with van der Waals surface area (Å²) in [6, 6.07) is 1.10. The van der Waals surface area contributed by atoms with Crippen LogP contribution in [0.25, 0.3) is 0 Å². The first kappa shape index (κ1) is 13.4. The first-order chi connectivity index (χ1) is 7.93. The maximum absolute atomic E-state index is 13.9. The molecule has 0 radical (unpaired) electrons. The number of hydrogen-bond donors (Lipinski definition) is 0. The van der Waals surface area contributed by atoms with Gasteiger partial charge in [0.2, 0.25) is 0 Å². The van der Waals surface area contributed by atoms with Gasteiger partial charge in [-0.2, -0.15) is 0 Å². The van der Waals surface area contributed by atoms with E-state index < -0.39 is 23.2 Å². The minimum atomic E-state index is -1.06. The molecule has 1 aromatic rings. The molecule has 0 saturated carbocycles. The molecule has 0 bridgehead atoms. The maximum Gasteiger partial charge on any atom is 0.344 e. The van der Waals surface area contributed by atoms with Gasteiger partial charge in [-0.05, 0) is 12.0 Å². The van der Waals surface area contributed by atoms with Gasteiger partial charge in [-0.1, -0.05) is 13.8 Å². The largest absolute Gasteiger partial charge is 0.493 e. The molecule has 0 saturated heterocycles. The van der Waals surface area contributed by atoms with Gasteiger partial charge in [0.15, 0.2) is 11.6 Å². The van der Waals surface area contributed by atoms with Crippen LogP contribution in [-0.2, 0) is 4.74 Å². The van der Waals surface area contributed by atoms with Crippen molar-refractivity contribution in [2.24, 2.45) is 0 Å². The van der Waals surface area contributed by atoms with E-state index in [-0.39, 0.29) is 11.7 Å². The van der Waals surface area contributed by atoms with Crippen LogP contribution < -0.4 is 4.74 Å². The van der Waals surface area contributed by atoms with Crippen LogP contribution in [0, 0.1) is 11.6 Å². The minimum absolute atomic E-state index is 0.123.